The quantitative estimate of drug-likeness (QED) is 0.205. The Labute approximate surface area is 263 Å². The van der Waals surface area contributed by atoms with E-state index in [0.29, 0.717) is 0 Å². The summed E-state index contributed by atoms with van der Waals surface area (Å²) >= 11 is 0. The molecule has 2 aliphatic heterocycles. The average molecular weight is 578 g/mol. The Morgan fingerprint density at radius 2 is 1.49 bits per heavy atom. The monoisotopic (exact) mass is 577 g/mol. The fourth-order valence-corrected chi connectivity index (χ4v) is 8.61. The SMILES string of the molecule is C1=CC2Oc3c(ccc4c3-c3ccccc3C43c4cc(Cc5ccccc5)ccc4-c4ccc(C5=CCCC=N5)cc43)C2C=C1. The molecule has 5 aromatic rings. The Morgan fingerprint density at radius 3 is 2.38 bits per heavy atom. The molecule has 1 spiro atoms. The molecule has 0 fully saturated rings. The maximum atomic E-state index is 6.84. The Bertz CT molecular complexity index is 2180. The number of benzene rings is 5. The number of aliphatic imine (C=N–C) groups is 1. The van der Waals surface area contributed by atoms with Gasteiger partial charge in [0.1, 0.15) is 11.9 Å². The van der Waals surface area contributed by atoms with E-state index < -0.39 is 5.41 Å². The van der Waals surface area contributed by atoms with Gasteiger partial charge in [-0.05, 0) is 81.5 Å². The van der Waals surface area contributed by atoms with Gasteiger partial charge in [0.05, 0.1) is 11.1 Å². The van der Waals surface area contributed by atoms with Gasteiger partial charge in [0, 0.05) is 28.8 Å². The van der Waals surface area contributed by atoms with E-state index in [1.54, 1.807) is 0 Å². The molecule has 45 heavy (non-hydrogen) atoms. The molecule has 0 amide bonds. The van der Waals surface area contributed by atoms with Gasteiger partial charge in [0.25, 0.3) is 0 Å². The minimum absolute atomic E-state index is 0.0449. The molecule has 5 aromatic carbocycles. The van der Waals surface area contributed by atoms with Gasteiger partial charge in [0.15, 0.2) is 0 Å². The molecule has 214 valence electrons. The maximum absolute atomic E-state index is 6.84. The van der Waals surface area contributed by atoms with Crippen molar-refractivity contribution in [3.05, 3.63) is 178 Å². The number of hydrogen-bond donors (Lipinski definition) is 0. The Hall–Kier alpha value is -5.21. The average Bonchev–Trinajstić information content (AvgIpc) is 3.72. The molecule has 3 unspecified atom stereocenters. The van der Waals surface area contributed by atoms with Crippen LogP contribution in [0, 0.1) is 0 Å². The number of ether oxygens (including phenoxy) is 1. The molecular formula is C43H31NO. The number of hydrogen-bond acceptors (Lipinski definition) is 2. The lowest BCUT2D eigenvalue weighted by Crippen LogP contribution is -2.26. The highest BCUT2D eigenvalue weighted by atomic mass is 16.5. The topological polar surface area (TPSA) is 21.6 Å². The third kappa shape index (κ3) is 3.43. The van der Waals surface area contributed by atoms with Crippen molar-refractivity contribution >= 4 is 11.9 Å². The van der Waals surface area contributed by atoms with E-state index in [0.717, 1.165) is 30.7 Å². The van der Waals surface area contributed by atoms with Crippen LogP contribution in [0.25, 0.3) is 28.0 Å². The Kier molecular flexibility index (Phi) is 5.25. The van der Waals surface area contributed by atoms with Crippen molar-refractivity contribution in [2.75, 3.05) is 0 Å². The van der Waals surface area contributed by atoms with Crippen LogP contribution in [-0.4, -0.2) is 12.3 Å². The number of fused-ring (bicyclic) bond motifs is 14. The second-order valence-corrected chi connectivity index (χ2v) is 12.9. The van der Waals surface area contributed by atoms with Crippen LogP contribution in [0.2, 0.25) is 0 Å². The predicted octanol–water partition coefficient (Wildman–Crippen LogP) is 9.80. The van der Waals surface area contributed by atoms with Crippen molar-refractivity contribution in [2.45, 2.75) is 36.7 Å². The highest BCUT2D eigenvalue weighted by molar-refractivity contribution is 5.98. The fraction of sp³-hybridized carbons (Fsp3) is 0.140. The Balaban J connectivity index is 1.27. The van der Waals surface area contributed by atoms with E-state index in [9.17, 15) is 0 Å². The van der Waals surface area contributed by atoms with Gasteiger partial charge in [-0.3, -0.25) is 4.99 Å². The van der Waals surface area contributed by atoms with E-state index >= 15 is 0 Å². The van der Waals surface area contributed by atoms with Gasteiger partial charge in [-0.15, -0.1) is 0 Å². The summed E-state index contributed by atoms with van der Waals surface area (Å²) in [5.41, 5.74) is 16.3. The van der Waals surface area contributed by atoms with Crippen LogP contribution in [0.3, 0.4) is 0 Å². The molecule has 0 aromatic heterocycles. The minimum Gasteiger partial charge on any atom is -0.484 e. The second kappa shape index (κ2) is 9.39. The molecule has 10 rings (SSSR count). The summed E-state index contributed by atoms with van der Waals surface area (Å²) in [6, 6.07) is 38.9. The van der Waals surface area contributed by atoms with Gasteiger partial charge in [-0.25, -0.2) is 0 Å². The van der Waals surface area contributed by atoms with Crippen LogP contribution in [-0.2, 0) is 11.8 Å². The summed E-state index contributed by atoms with van der Waals surface area (Å²) in [7, 11) is 0. The third-order valence-corrected chi connectivity index (χ3v) is 10.5. The van der Waals surface area contributed by atoms with Crippen molar-refractivity contribution in [3.63, 3.8) is 0 Å². The van der Waals surface area contributed by atoms with Crippen LogP contribution in [0.15, 0.2) is 139 Å². The summed E-state index contributed by atoms with van der Waals surface area (Å²) in [5, 5.41) is 0. The first kappa shape index (κ1) is 25.2. The molecule has 0 bridgehead atoms. The fourth-order valence-electron chi connectivity index (χ4n) is 8.61. The molecule has 3 atom stereocenters. The van der Waals surface area contributed by atoms with Gasteiger partial charge in [0.2, 0.25) is 0 Å². The van der Waals surface area contributed by atoms with Gasteiger partial charge >= 0.3 is 0 Å². The van der Waals surface area contributed by atoms with Gasteiger partial charge < -0.3 is 4.74 Å². The second-order valence-electron chi connectivity index (χ2n) is 12.9. The van der Waals surface area contributed by atoms with Crippen molar-refractivity contribution in [2.24, 2.45) is 4.99 Å². The zero-order valence-corrected chi connectivity index (χ0v) is 24.9. The molecular weight excluding hydrogens is 546 g/mol. The maximum Gasteiger partial charge on any atom is 0.132 e. The van der Waals surface area contributed by atoms with Gasteiger partial charge in [-0.1, -0.05) is 121 Å². The molecule has 5 aliphatic rings. The molecule has 3 aliphatic carbocycles. The molecule has 2 heterocycles. The first-order valence-corrected chi connectivity index (χ1v) is 16.1. The standard InChI is InChI=1S/C43H31NO/c1-2-10-27(11-3-1)24-28-17-19-30-31-20-18-29(39-15-8-9-23-44-39)26-38(31)43(37(30)25-28)35-14-6-4-13-34(35)41-36(43)22-21-33-32-12-5-7-16-40(32)45-42(33)41/h1-7,10-23,25-26,32,40H,8-9,24H2. The summed E-state index contributed by atoms with van der Waals surface area (Å²) in [4.78, 5) is 4.83. The zero-order chi connectivity index (χ0) is 29.5. The first-order valence-electron chi connectivity index (χ1n) is 16.1. The third-order valence-electron chi connectivity index (χ3n) is 10.5. The van der Waals surface area contributed by atoms with Crippen molar-refractivity contribution < 1.29 is 4.74 Å². The number of rotatable bonds is 3. The normalized spacial score (nSPS) is 22.3. The lowest BCUT2D eigenvalue weighted by molar-refractivity contribution is 0.270. The first-order chi connectivity index (χ1) is 22.3. The highest BCUT2D eigenvalue weighted by Gasteiger charge is 2.54. The summed E-state index contributed by atoms with van der Waals surface area (Å²) in [6.07, 6.45) is 16.1. The molecule has 0 radical (unpaired) electrons. The van der Waals surface area contributed by atoms with E-state index in [4.69, 9.17) is 9.73 Å². The van der Waals surface area contributed by atoms with E-state index in [-0.39, 0.29) is 12.0 Å². The molecule has 0 N–H and O–H groups in total. The summed E-state index contributed by atoms with van der Waals surface area (Å²) in [6.45, 7) is 0. The lowest BCUT2D eigenvalue weighted by Gasteiger charge is -2.31. The summed E-state index contributed by atoms with van der Waals surface area (Å²) in [5.74, 6) is 1.30. The van der Waals surface area contributed by atoms with Crippen molar-refractivity contribution in [1.82, 2.24) is 0 Å². The largest absolute Gasteiger partial charge is 0.484 e. The van der Waals surface area contributed by atoms with E-state index in [1.165, 1.54) is 66.8 Å². The van der Waals surface area contributed by atoms with E-state index in [2.05, 4.69) is 140 Å². The number of nitrogens with zero attached hydrogens (tertiary/aromatic N) is 1. The van der Waals surface area contributed by atoms with Crippen molar-refractivity contribution in [1.29, 1.82) is 0 Å². The van der Waals surface area contributed by atoms with Crippen LogP contribution in [0.1, 0.15) is 63.3 Å². The predicted molar refractivity (Wildman–Crippen MR) is 183 cm³/mol. The molecule has 2 heteroatoms. The molecule has 0 saturated heterocycles. The minimum atomic E-state index is -0.448. The van der Waals surface area contributed by atoms with Crippen LogP contribution < -0.4 is 4.74 Å². The molecule has 2 nitrogen and oxygen atoms in total. The Morgan fingerprint density at radius 1 is 0.667 bits per heavy atom. The van der Waals surface area contributed by atoms with Crippen LogP contribution >= 0.6 is 0 Å². The molecule has 0 saturated carbocycles. The van der Waals surface area contributed by atoms with Crippen LogP contribution in [0.4, 0.5) is 0 Å². The van der Waals surface area contributed by atoms with Crippen molar-refractivity contribution in [3.8, 4) is 28.0 Å². The summed E-state index contributed by atoms with van der Waals surface area (Å²) < 4.78 is 6.84. The lowest BCUT2D eigenvalue weighted by atomic mass is 9.69. The van der Waals surface area contributed by atoms with Crippen LogP contribution in [0.5, 0.6) is 5.75 Å². The zero-order valence-electron chi connectivity index (χ0n) is 24.9. The smallest absolute Gasteiger partial charge is 0.132 e. The number of allylic oxidation sites excluding steroid dienone is 3. The van der Waals surface area contributed by atoms with Gasteiger partial charge in [-0.2, -0.15) is 0 Å². The van der Waals surface area contributed by atoms with E-state index in [1.807, 2.05) is 0 Å². The highest BCUT2D eigenvalue weighted by Crippen LogP contribution is 2.66.